The summed E-state index contributed by atoms with van der Waals surface area (Å²) in [6.45, 7) is 0.686. The molecule has 1 aromatic heterocycles. The molecule has 0 radical (unpaired) electrons. The molecule has 0 unspecified atom stereocenters. The molecule has 3 nitrogen and oxygen atoms in total. The van der Waals surface area contributed by atoms with Gasteiger partial charge in [-0.05, 0) is 30.5 Å². The van der Waals surface area contributed by atoms with Crippen molar-refractivity contribution >= 4 is 21.6 Å². The Balaban J connectivity index is 2.14. The second-order valence-corrected chi connectivity index (χ2v) is 5.43. The number of rotatable bonds is 2. The molecule has 2 aromatic rings. The third-order valence-corrected chi connectivity index (χ3v) is 4.43. The predicted molar refractivity (Wildman–Crippen MR) is 64.9 cm³/mol. The van der Waals surface area contributed by atoms with Gasteiger partial charge >= 0.3 is 4.94 Å². The van der Waals surface area contributed by atoms with Crippen LogP contribution >= 0.6 is 11.3 Å². The van der Waals surface area contributed by atoms with E-state index in [1.165, 1.54) is 12.0 Å². The molecule has 1 aliphatic carbocycles. The molecule has 3 rings (SSSR count). The van der Waals surface area contributed by atoms with Gasteiger partial charge in [-0.1, -0.05) is 23.8 Å². The van der Waals surface area contributed by atoms with Crippen LogP contribution in [-0.4, -0.2) is 6.54 Å². The van der Waals surface area contributed by atoms with Gasteiger partial charge in [-0.25, -0.2) is 4.79 Å². The molecule has 0 amide bonds. The van der Waals surface area contributed by atoms with Crippen LogP contribution < -0.4 is 10.7 Å². The van der Waals surface area contributed by atoms with Gasteiger partial charge in [-0.3, -0.25) is 0 Å². The first kappa shape index (κ1) is 10.1. The third-order valence-electron chi connectivity index (χ3n) is 3.64. The Morgan fingerprint density at radius 3 is 2.88 bits per heavy atom. The highest BCUT2D eigenvalue weighted by Crippen LogP contribution is 2.43. The number of nitrogens with two attached hydrogens (primary N) is 1. The molecule has 4 heteroatoms. The molecule has 0 spiro atoms. The van der Waals surface area contributed by atoms with Crippen LogP contribution in [-0.2, 0) is 5.41 Å². The molecule has 1 aliphatic rings. The minimum Gasteiger partial charge on any atom is -0.414 e. The van der Waals surface area contributed by atoms with Crippen molar-refractivity contribution in [3.63, 3.8) is 0 Å². The van der Waals surface area contributed by atoms with Gasteiger partial charge in [0, 0.05) is 12.0 Å². The summed E-state index contributed by atoms with van der Waals surface area (Å²) in [6.07, 6.45) is 3.56. The molecule has 1 heterocycles. The first-order chi connectivity index (χ1) is 7.73. The molecule has 84 valence electrons. The summed E-state index contributed by atoms with van der Waals surface area (Å²) in [5.74, 6) is 0. The first-order valence-corrected chi connectivity index (χ1v) is 6.29. The van der Waals surface area contributed by atoms with Crippen molar-refractivity contribution in [2.24, 2.45) is 5.73 Å². The maximum absolute atomic E-state index is 11.1. The van der Waals surface area contributed by atoms with E-state index in [0.717, 1.165) is 28.9 Å². The molecule has 0 saturated heterocycles. The Labute approximate surface area is 96.9 Å². The number of fused-ring (bicyclic) bond motifs is 1. The van der Waals surface area contributed by atoms with Crippen molar-refractivity contribution < 1.29 is 4.42 Å². The van der Waals surface area contributed by atoms with E-state index >= 15 is 0 Å². The Morgan fingerprint density at radius 2 is 2.25 bits per heavy atom. The smallest absolute Gasteiger partial charge is 0.396 e. The van der Waals surface area contributed by atoms with E-state index in [1.54, 1.807) is 0 Å². The summed E-state index contributed by atoms with van der Waals surface area (Å²) in [5.41, 5.74) is 7.96. The van der Waals surface area contributed by atoms with Crippen molar-refractivity contribution in [1.29, 1.82) is 0 Å². The van der Waals surface area contributed by atoms with E-state index in [-0.39, 0.29) is 10.4 Å². The first-order valence-electron chi connectivity index (χ1n) is 5.48. The van der Waals surface area contributed by atoms with E-state index in [1.807, 2.05) is 12.1 Å². The largest absolute Gasteiger partial charge is 0.414 e. The van der Waals surface area contributed by atoms with Crippen LogP contribution in [0.1, 0.15) is 24.8 Å². The minimum absolute atomic E-state index is 0.154. The summed E-state index contributed by atoms with van der Waals surface area (Å²) in [6, 6.07) is 6.00. The summed E-state index contributed by atoms with van der Waals surface area (Å²) in [5, 5.41) is 0. The fraction of sp³-hybridized carbons (Fsp3) is 0.417. The molecule has 0 aliphatic heterocycles. The van der Waals surface area contributed by atoms with E-state index < -0.39 is 0 Å². The topological polar surface area (TPSA) is 56.2 Å². The monoisotopic (exact) mass is 235 g/mol. The zero-order valence-corrected chi connectivity index (χ0v) is 9.68. The Bertz CT molecular complexity index is 574. The second-order valence-electron chi connectivity index (χ2n) is 4.45. The minimum atomic E-state index is -0.234. The fourth-order valence-electron chi connectivity index (χ4n) is 2.42. The summed E-state index contributed by atoms with van der Waals surface area (Å²) in [4.78, 5) is 10.9. The van der Waals surface area contributed by atoms with E-state index in [2.05, 4.69) is 6.07 Å². The van der Waals surface area contributed by atoms with Crippen LogP contribution in [0.5, 0.6) is 0 Å². The SMILES string of the molecule is NCC1(c2ccc3oc(=O)sc3c2)CCC1. The van der Waals surface area contributed by atoms with Crippen molar-refractivity contribution in [1.82, 2.24) is 0 Å². The fourth-order valence-corrected chi connectivity index (χ4v) is 3.12. The average Bonchev–Trinajstić information content (AvgIpc) is 2.56. The van der Waals surface area contributed by atoms with Gasteiger partial charge in [-0.15, -0.1) is 0 Å². The molecular formula is C12H13NO2S. The average molecular weight is 235 g/mol. The molecule has 16 heavy (non-hydrogen) atoms. The number of benzene rings is 1. The van der Waals surface area contributed by atoms with Crippen LogP contribution in [0.2, 0.25) is 0 Å². The molecule has 1 aromatic carbocycles. The van der Waals surface area contributed by atoms with Gasteiger partial charge in [0.2, 0.25) is 0 Å². The van der Waals surface area contributed by atoms with Crippen LogP contribution in [0.15, 0.2) is 27.4 Å². The lowest BCUT2D eigenvalue weighted by Gasteiger charge is -2.41. The van der Waals surface area contributed by atoms with Crippen molar-refractivity contribution in [2.45, 2.75) is 24.7 Å². The van der Waals surface area contributed by atoms with Crippen LogP contribution in [0.4, 0.5) is 0 Å². The molecule has 0 atom stereocenters. The maximum Gasteiger partial charge on any atom is 0.396 e. The highest BCUT2D eigenvalue weighted by atomic mass is 32.1. The standard InChI is InChI=1S/C12H13NO2S/c13-7-12(4-1-5-12)8-2-3-9-10(6-8)16-11(14)15-9/h2-3,6H,1,4-5,7,13H2. The second kappa shape index (κ2) is 3.43. The van der Waals surface area contributed by atoms with Gasteiger partial charge in [0.1, 0.15) is 5.58 Å². The van der Waals surface area contributed by atoms with Gasteiger partial charge < -0.3 is 10.2 Å². The van der Waals surface area contributed by atoms with E-state index in [4.69, 9.17) is 10.2 Å². The van der Waals surface area contributed by atoms with Crippen molar-refractivity contribution in [2.75, 3.05) is 6.54 Å². The lowest BCUT2D eigenvalue weighted by molar-refractivity contribution is 0.253. The number of hydrogen-bond acceptors (Lipinski definition) is 4. The lowest BCUT2D eigenvalue weighted by Crippen LogP contribution is -2.41. The quantitative estimate of drug-likeness (QED) is 0.868. The van der Waals surface area contributed by atoms with Crippen molar-refractivity contribution in [3.05, 3.63) is 33.5 Å². The van der Waals surface area contributed by atoms with Gasteiger partial charge in [0.05, 0.1) is 4.70 Å². The highest BCUT2D eigenvalue weighted by Gasteiger charge is 2.37. The van der Waals surface area contributed by atoms with Crippen LogP contribution in [0, 0.1) is 0 Å². The van der Waals surface area contributed by atoms with Crippen LogP contribution in [0.25, 0.3) is 10.3 Å². The Morgan fingerprint density at radius 1 is 1.44 bits per heavy atom. The van der Waals surface area contributed by atoms with Gasteiger partial charge in [0.15, 0.2) is 0 Å². The predicted octanol–water partition coefficient (Wildman–Crippen LogP) is 2.23. The molecule has 1 saturated carbocycles. The molecule has 2 N–H and O–H groups in total. The molecular weight excluding hydrogens is 222 g/mol. The Hall–Kier alpha value is -1.13. The van der Waals surface area contributed by atoms with Crippen LogP contribution in [0.3, 0.4) is 0 Å². The van der Waals surface area contributed by atoms with Crippen molar-refractivity contribution in [3.8, 4) is 0 Å². The summed E-state index contributed by atoms with van der Waals surface area (Å²) in [7, 11) is 0. The molecule has 1 fully saturated rings. The zero-order chi connectivity index (χ0) is 11.2. The van der Waals surface area contributed by atoms with E-state index in [0.29, 0.717) is 12.1 Å². The maximum atomic E-state index is 11.1. The number of hydrogen-bond donors (Lipinski definition) is 1. The molecule has 0 bridgehead atoms. The zero-order valence-electron chi connectivity index (χ0n) is 8.86. The lowest BCUT2D eigenvalue weighted by atomic mass is 9.64. The van der Waals surface area contributed by atoms with E-state index in [9.17, 15) is 4.79 Å². The van der Waals surface area contributed by atoms with Gasteiger partial charge in [0.25, 0.3) is 0 Å². The highest BCUT2D eigenvalue weighted by molar-refractivity contribution is 7.16. The van der Waals surface area contributed by atoms with Gasteiger partial charge in [-0.2, -0.15) is 0 Å². The summed E-state index contributed by atoms with van der Waals surface area (Å²) >= 11 is 1.16. The third kappa shape index (κ3) is 1.33. The normalized spacial score (nSPS) is 18.6. The summed E-state index contributed by atoms with van der Waals surface area (Å²) < 4.78 is 5.99. The Kier molecular flexibility index (Phi) is 2.16.